The van der Waals surface area contributed by atoms with Gasteiger partial charge in [0.15, 0.2) is 0 Å². The summed E-state index contributed by atoms with van der Waals surface area (Å²) in [6.07, 6.45) is 11.9. The van der Waals surface area contributed by atoms with Crippen LogP contribution in [-0.2, 0) is 14.8 Å². The van der Waals surface area contributed by atoms with E-state index >= 15 is 0 Å². The van der Waals surface area contributed by atoms with Crippen LogP contribution in [0.5, 0.6) is 0 Å². The lowest BCUT2D eigenvalue weighted by atomic mass is 9.84. The molecule has 3 aromatic rings. The van der Waals surface area contributed by atoms with Gasteiger partial charge < -0.3 is 10.1 Å². The number of anilines is 1. The molecule has 10 heteroatoms. The molecule has 2 fully saturated rings. The van der Waals surface area contributed by atoms with Crippen molar-refractivity contribution in [3.63, 3.8) is 0 Å². The van der Waals surface area contributed by atoms with Gasteiger partial charge in [-0.05, 0) is 55.5 Å². The summed E-state index contributed by atoms with van der Waals surface area (Å²) in [4.78, 5) is 4.59. The number of rotatable bonds is 6. The SMILES string of the molecule is C1CNCCOC1.N=C(c1cn[nH]c1)c1cc(C2CCCCC2)cnc1NS(=O)(=O)c1ccccc1. The van der Waals surface area contributed by atoms with E-state index in [0.717, 1.165) is 44.7 Å². The zero-order valence-electron chi connectivity index (χ0n) is 20.4. The number of aromatic amines is 1. The summed E-state index contributed by atoms with van der Waals surface area (Å²) in [6, 6.07) is 10.1. The topological polar surface area (TPSA) is 133 Å². The van der Waals surface area contributed by atoms with Crippen molar-refractivity contribution in [3.8, 4) is 0 Å². The molecule has 192 valence electrons. The lowest BCUT2D eigenvalue weighted by Crippen LogP contribution is -2.18. The average Bonchev–Trinajstić information content (AvgIpc) is 3.29. The van der Waals surface area contributed by atoms with Crippen LogP contribution in [0.15, 0.2) is 59.9 Å². The Kier molecular flexibility index (Phi) is 9.21. The van der Waals surface area contributed by atoms with Gasteiger partial charge in [0.05, 0.1) is 23.4 Å². The minimum absolute atomic E-state index is 0.152. The number of nitrogens with one attached hydrogen (secondary N) is 4. The third-order valence-electron chi connectivity index (χ3n) is 6.39. The maximum atomic E-state index is 12.8. The molecule has 4 N–H and O–H groups in total. The molecule has 5 rings (SSSR count). The van der Waals surface area contributed by atoms with Gasteiger partial charge in [-0.2, -0.15) is 5.10 Å². The van der Waals surface area contributed by atoms with Gasteiger partial charge in [-0.15, -0.1) is 0 Å². The van der Waals surface area contributed by atoms with Gasteiger partial charge in [-0.25, -0.2) is 13.4 Å². The molecule has 1 saturated heterocycles. The number of hydrogen-bond donors (Lipinski definition) is 4. The van der Waals surface area contributed by atoms with Crippen LogP contribution in [0.1, 0.15) is 61.1 Å². The fourth-order valence-corrected chi connectivity index (χ4v) is 5.46. The minimum Gasteiger partial charge on any atom is -0.380 e. The summed E-state index contributed by atoms with van der Waals surface area (Å²) < 4.78 is 33.3. The number of pyridine rings is 1. The molecule has 1 aromatic carbocycles. The van der Waals surface area contributed by atoms with E-state index < -0.39 is 10.0 Å². The highest BCUT2D eigenvalue weighted by Crippen LogP contribution is 2.34. The van der Waals surface area contributed by atoms with Gasteiger partial charge in [-0.1, -0.05) is 37.5 Å². The van der Waals surface area contributed by atoms with Gasteiger partial charge in [0.25, 0.3) is 10.0 Å². The first-order valence-electron chi connectivity index (χ1n) is 12.5. The lowest BCUT2D eigenvalue weighted by Gasteiger charge is -2.23. The second kappa shape index (κ2) is 12.8. The molecule has 2 aromatic heterocycles. The van der Waals surface area contributed by atoms with Crippen LogP contribution in [0.3, 0.4) is 0 Å². The number of benzene rings is 1. The average molecular weight is 511 g/mol. The Morgan fingerprint density at radius 1 is 1.03 bits per heavy atom. The monoisotopic (exact) mass is 510 g/mol. The molecule has 0 bridgehead atoms. The molecule has 0 spiro atoms. The molecule has 0 atom stereocenters. The zero-order chi connectivity index (χ0) is 25.2. The molecule has 1 aliphatic carbocycles. The fourth-order valence-electron chi connectivity index (χ4n) is 4.41. The quantitative estimate of drug-likeness (QED) is 0.370. The van der Waals surface area contributed by atoms with Crippen molar-refractivity contribution in [2.75, 3.05) is 31.0 Å². The van der Waals surface area contributed by atoms with Crippen LogP contribution >= 0.6 is 0 Å². The first kappa shape index (κ1) is 26.0. The molecule has 1 saturated carbocycles. The molecule has 36 heavy (non-hydrogen) atoms. The Morgan fingerprint density at radius 3 is 2.58 bits per heavy atom. The minimum atomic E-state index is -3.81. The zero-order valence-corrected chi connectivity index (χ0v) is 21.2. The molecule has 2 aliphatic rings. The lowest BCUT2D eigenvalue weighted by molar-refractivity contribution is 0.151. The molecule has 0 radical (unpaired) electrons. The van der Waals surface area contributed by atoms with Gasteiger partial charge >= 0.3 is 0 Å². The normalized spacial score (nSPS) is 16.9. The predicted molar refractivity (Wildman–Crippen MR) is 140 cm³/mol. The predicted octanol–water partition coefficient (Wildman–Crippen LogP) is 4.07. The first-order valence-corrected chi connectivity index (χ1v) is 14.0. The van der Waals surface area contributed by atoms with E-state index in [1.807, 2.05) is 6.07 Å². The highest BCUT2D eigenvalue weighted by molar-refractivity contribution is 7.92. The van der Waals surface area contributed by atoms with Crippen molar-refractivity contribution in [2.24, 2.45) is 0 Å². The summed E-state index contributed by atoms with van der Waals surface area (Å²) in [6.45, 7) is 3.98. The van der Waals surface area contributed by atoms with Crippen LogP contribution < -0.4 is 10.0 Å². The van der Waals surface area contributed by atoms with E-state index in [4.69, 9.17) is 10.1 Å². The summed E-state index contributed by atoms with van der Waals surface area (Å²) in [5.74, 6) is 0.548. The Hall–Kier alpha value is -3.08. The van der Waals surface area contributed by atoms with Crippen LogP contribution in [0.2, 0.25) is 0 Å². The van der Waals surface area contributed by atoms with Crippen molar-refractivity contribution in [3.05, 3.63) is 71.7 Å². The van der Waals surface area contributed by atoms with Gasteiger partial charge in [0, 0.05) is 36.7 Å². The summed E-state index contributed by atoms with van der Waals surface area (Å²) in [5.41, 5.74) is 2.26. The maximum absolute atomic E-state index is 12.8. The summed E-state index contributed by atoms with van der Waals surface area (Å²) >= 11 is 0. The third-order valence-corrected chi connectivity index (χ3v) is 7.75. The van der Waals surface area contributed by atoms with Crippen molar-refractivity contribution >= 4 is 21.6 Å². The number of H-pyrrole nitrogens is 1. The Bertz CT molecular complexity index is 1190. The van der Waals surface area contributed by atoms with E-state index in [1.165, 1.54) is 37.8 Å². The van der Waals surface area contributed by atoms with E-state index in [2.05, 4.69) is 25.2 Å². The molecule has 3 heterocycles. The van der Waals surface area contributed by atoms with E-state index in [1.54, 1.807) is 36.8 Å². The van der Waals surface area contributed by atoms with Crippen LogP contribution in [0, 0.1) is 5.41 Å². The molecule has 0 unspecified atom stereocenters. The molecular formula is C26H34N6O3S. The second-order valence-electron chi connectivity index (χ2n) is 9.00. The Morgan fingerprint density at radius 2 is 1.83 bits per heavy atom. The molecule has 1 aliphatic heterocycles. The fraction of sp³-hybridized carbons (Fsp3) is 0.423. The summed E-state index contributed by atoms with van der Waals surface area (Å²) in [5, 5.41) is 18.4. The van der Waals surface area contributed by atoms with Crippen molar-refractivity contribution in [1.29, 1.82) is 5.41 Å². The van der Waals surface area contributed by atoms with Crippen molar-refractivity contribution in [1.82, 2.24) is 20.5 Å². The first-order chi connectivity index (χ1) is 17.5. The number of nitrogens with zero attached hydrogens (tertiary/aromatic N) is 2. The van der Waals surface area contributed by atoms with Crippen LogP contribution in [0.25, 0.3) is 0 Å². The van der Waals surface area contributed by atoms with Crippen LogP contribution in [0.4, 0.5) is 5.82 Å². The smallest absolute Gasteiger partial charge is 0.263 e. The standard InChI is InChI=1S/C21H23N5O2S.C5H11NO/c22-20(17-13-24-25-14-17)19-11-16(15-7-3-1-4-8-15)12-23-21(19)26-29(27,28)18-9-5-2-6-10-18;1-2-6-3-5-7-4-1/h2,5-6,9-15,22H,1,3-4,7-8H2,(H,23,26)(H,24,25);6H,1-5H2. The number of aromatic nitrogens is 3. The number of sulfonamides is 1. The highest BCUT2D eigenvalue weighted by atomic mass is 32.2. The molecule has 9 nitrogen and oxygen atoms in total. The second-order valence-corrected chi connectivity index (χ2v) is 10.7. The molecule has 0 amide bonds. The van der Waals surface area contributed by atoms with Gasteiger partial charge in [-0.3, -0.25) is 15.2 Å². The van der Waals surface area contributed by atoms with E-state index in [-0.39, 0.29) is 16.4 Å². The van der Waals surface area contributed by atoms with E-state index in [9.17, 15) is 8.42 Å². The van der Waals surface area contributed by atoms with E-state index in [0.29, 0.717) is 17.0 Å². The Labute approximate surface area is 212 Å². The summed E-state index contributed by atoms with van der Waals surface area (Å²) in [7, 11) is -3.81. The number of hydrogen-bond acceptors (Lipinski definition) is 7. The van der Waals surface area contributed by atoms with Crippen molar-refractivity contribution in [2.45, 2.75) is 49.3 Å². The largest absolute Gasteiger partial charge is 0.380 e. The van der Waals surface area contributed by atoms with Gasteiger partial charge in [0.2, 0.25) is 0 Å². The number of ether oxygens (including phenoxy) is 1. The maximum Gasteiger partial charge on any atom is 0.263 e. The van der Waals surface area contributed by atoms with Crippen molar-refractivity contribution < 1.29 is 13.2 Å². The molecular weight excluding hydrogens is 476 g/mol. The third kappa shape index (κ3) is 6.99. The highest BCUT2D eigenvalue weighted by Gasteiger charge is 2.23. The Balaban J connectivity index is 0.000000375. The van der Waals surface area contributed by atoms with Gasteiger partial charge in [0.1, 0.15) is 5.82 Å². The van der Waals surface area contributed by atoms with Crippen LogP contribution in [-0.4, -0.2) is 55.6 Å².